The highest BCUT2D eigenvalue weighted by Crippen LogP contribution is 2.56. The summed E-state index contributed by atoms with van der Waals surface area (Å²) in [4.78, 5) is 58.6. The molecular formula is C33H43N3O7. The Kier molecular flexibility index (Phi) is 9.66. The van der Waals surface area contributed by atoms with E-state index in [4.69, 9.17) is 9.47 Å². The van der Waals surface area contributed by atoms with Crippen molar-refractivity contribution < 1.29 is 33.8 Å². The summed E-state index contributed by atoms with van der Waals surface area (Å²) in [5, 5.41) is 12.1. The number of carbonyl (C=O) groups excluding carboxylic acids is 4. The molecule has 6 atom stereocenters. The number of nitrogens with zero attached hydrogens (tertiary/aromatic N) is 2. The summed E-state index contributed by atoms with van der Waals surface area (Å²) < 4.78 is 12.5. The lowest BCUT2D eigenvalue weighted by Crippen LogP contribution is -2.57. The Bertz CT molecular complexity index is 1250. The molecule has 43 heavy (non-hydrogen) atoms. The average Bonchev–Trinajstić information content (AvgIpc) is 3.63. The second kappa shape index (κ2) is 13.4. The number of amides is 3. The quantitative estimate of drug-likeness (QED) is 0.270. The number of hydrogen-bond donors (Lipinski definition) is 2. The van der Waals surface area contributed by atoms with E-state index in [-0.39, 0.29) is 43.3 Å². The van der Waals surface area contributed by atoms with Crippen LogP contribution in [0.15, 0.2) is 54.6 Å². The van der Waals surface area contributed by atoms with Crippen molar-refractivity contribution in [3.05, 3.63) is 60.2 Å². The van der Waals surface area contributed by atoms with Gasteiger partial charge in [0.05, 0.1) is 18.6 Å². The van der Waals surface area contributed by atoms with Crippen LogP contribution in [0.25, 0.3) is 0 Å². The molecule has 1 aromatic rings. The zero-order chi connectivity index (χ0) is 30.6. The number of benzene rings is 1. The molecule has 10 nitrogen and oxygen atoms in total. The number of allylic oxidation sites excluding steroid dienone is 1. The molecule has 232 valence electrons. The molecule has 2 fully saturated rings. The Morgan fingerprint density at radius 2 is 1.79 bits per heavy atom. The summed E-state index contributed by atoms with van der Waals surface area (Å²) in [7, 11) is 0. The number of cyclic esters (lactones) is 1. The van der Waals surface area contributed by atoms with Gasteiger partial charge in [0, 0.05) is 32.2 Å². The summed E-state index contributed by atoms with van der Waals surface area (Å²) in [6, 6.07) is 8.14. The van der Waals surface area contributed by atoms with Crippen LogP contribution in [0.1, 0.15) is 64.0 Å². The largest absolute Gasteiger partial charge is 0.455 e. The maximum Gasteiger partial charge on any atom is 0.313 e. The lowest BCUT2D eigenvalue weighted by Gasteiger charge is -2.37. The van der Waals surface area contributed by atoms with E-state index >= 15 is 0 Å². The predicted octanol–water partition coefficient (Wildman–Crippen LogP) is 2.68. The summed E-state index contributed by atoms with van der Waals surface area (Å²) in [6.45, 7) is 4.74. The summed E-state index contributed by atoms with van der Waals surface area (Å²) in [6.07, 6.45) is 9.65. The second-order valence-corrected chi connectivity index (χ2v) is 12.1. The molecule has 0 unspecified atom stereocenters. The topological polar surface area (TPSA) is 125 Å². The van der Waals surface area contributed by atoms with Crippen LogP contribution in [0.4, 0.5) is 0 Å². The maximum atomic E-state index is 14.4. The summed E-state index contributed by atoms with van der Waals surface area (Å²) >= 11 is 0. The molecule has 4 aliphatic rings. The lowest BCUT2D eigenvalue weighted by atomic mass is 9.74. The van der Waals surface area contributed by atoms with Crippen molar-refractivity contribution in [1.82, 2.24) is 15.1 Å². The maximum absolute atomic E-state index is 14.4. The van der Waals surface area contributed by atoms with E-state index in [1.165, 1.54) is 0 Å². The molecule has 0 aromatic heterocycles. The van der Waals surface area contributed by atoms with Crippen LogP contribution in [-0.2, 0) is 28.7 Å². The van der Waals surface area contributed by atoms with Crippen LogP contribution < -0.4 is 5.32 Å². The van der Waals surface area contributed by atoms with Gasteiger partial charge in [-0.25, -0.2) is 0 Å². The van der Waals surface area contributed by atoms with Gasteiger partial charge in [-0.3, -0.25) is 19.2 Å². The smallest absolute Gasteiger partial charge is 0.313 e. The number of aliphatic hydroxyl groups is 1. The minimum absolute atomic E-state index is 0.0956. The number of fused-ring (bicyclic) bond motifs is 2. The van der Waals surface area contributed by atoms with Crippen molar-refractivity contribution in [2.24, 2.45) is 11.8 Å². The molecule has 4 heterocycles. The van der Waals surface area contributed by atoms with Crippen LogP contribution in [0, 0.1) is 11.8 Å². The Balaban J connectivity index is 1.51. The molecule has 1 aromatic carbocycles. The van der Waals surface area contributed by atoms with Crippen LogP contribution in [-0.4, -0.2) is 88.6 Å². The van der Waals surface area contributed by atoms with Crippen molar-refractivity contribution in [3.63, 3.8) is 0 Å². The Labute approximate surface area is 253 Å². The molecule has 1 spiro atoms. The standard InChI is InChI=1S/C33H43N3O7/c1-22(2)35-18-11-6-9-15-26(38)34-21-25(23-13-7-5-8-14-23)42-32(41)27-24-16-17-33(43-24)28(27)30(39)36(29(33)31(35)40)19-10-3-4-12-20-37/h5-8,11,13-14,16-17,22,24-25,27-29,37H,3-4,9-10,12,15,18-21H2,1-2H3,(H,34,38)/b11-6-/t24-,25-,27+,28+,29-,33+/m0/s1. The second-order valence-electron chi connectivity index (χ2n) is 12.1. The van der Waals surface area contributed by atoms with E-state index < -0.39 is 41.7 Å². The van der Waals surface area contributed by atoms with E-state index in [9.17, 15) is 24.3 Å². The van der Waals surface area contributed by atoms with Crippen LogP contribution in [0.3, 0.4) is 0 Å². The summed E-state index contributed by atoms with van der Waals surface area (Å²) in [5.74, 6) is -3.07. The first-order valence-electron chi connectivity index (χ1n) is 15.5. The molecular weight excluding hydrogens is 550 g/mol. The molecule has 2 saturated heterocycles. The SMILES string of the molecule is CC(C)N1C/C=C\CCC(=O)NC[C@@H](c2ccccc2)OC(=O)[C@@H]2[C@@H]3C=C[C@]4(O3)[C@H](C1=O)N(CCCCCCO)C(=O)[C@@H]24. The first kappa shape index (κ1) is 30.9. The van der Waals surface area contributed by atoms with Crippen molar-refractivity contribution in [2.75, 3.05) is 26.2 Å². The predicted molar refractivity (Wildman–Crippen MR) is 158 cm³/mol. The number of esters is 1. The normalized spacial score (nSPS) is 31.9. The summed E-state index contributed by atoms with van der Waals surface area (Å²) in [5.41, 5.74) is -0.541. The van der Waals surface area contributed by atoms with Gasteiger partial charge in [-0.2, -0.15) is 0 Å². The highest BCUT2D eigenvalue weighted by molar-refractivity contribution is 5.99. The third-order valence-electron chi connectivity index (χ3n) is 9.01. The fraction of sp³-hybridized carbons (Fsp3) is 0.576. The van der Waals surface area contributed by atoms with E-state index in [1.807, 2.05) is 62.4 Å². The number of ether oxygens (including phenoxy) is 2. The van der Waals surface area contributed by atoms with Gasteiger partial charge in [-0.05, 0) is 38.7 Å². The Morgan fingerprint density at radius 1 is 1.02 bits per heavy atom. The molecule has 3 amide bonds. The zero-order valence-corrected chi connectivity index (χ0v) is 25.0. The highest BCUT2D eigenvalue weighted by atomic mass is 16.6. The number of hydrogen-bond acceptors (Lipinski definition) is 7. The minimum Gasteiger partial charge on any atom is -0.455 e. The van der Waals surface area contributed by atoms with E-state index in [0.717, 1.165) is 18.4 Å². The molecule has 4 aliphatic heterocycles. The van der Waals surface area contributed by atoms with E-state index in [2.05, 4.69) is 5.32 Å². The fourth-order valence-corrected chi connectivity index (χ4v) is 6.85. The monoisotopic (exact) mass is 593 g/mol. The van der Waals surface area contributed by atoms with Crippen molar-refractivity contribution >= 4 is 23.7 Å². The number of likely N-dealkylation sites (tertiary alicyclic amines) is 1. The van der Waals surface area contributed by atoms with Crippen LogP contribution >= 0.6 is 0 Å². The van der Waals surface area contributed by atoms with E-state index in [0.29, 0.717) is 32.4 Å². The third-order valence-corrected chi connectivity index (χ3v) is 9.01. The number of unbranched alkanes of at least 4 members (excludes halogenated alkanes) is 3. The zero-order valence-electron chi connectivity index (χ0n) is 25.0. The van der Waals surface area contributed by atoms with Crippen molar-refractivity contribution in [2.45, 2.75) is 82.3 Å². The van der Waals surface area contributed by atoms with Crippen molar-refractivity contribution in [3.8, 4) is 0 Å². The molecule has 0 saturated carbocycles. The van der Waals surface area contributed by atoms with Gasteiger partial charge < -0.3 is 29.7 Å². The molecule has 10 heteroatoms. The first-order valence-corrected chi connectivity index (χ1v) is 15.5. The highest BCUT2D eigenvalue weighted by Gasteiger charge is 2.73. The van der Waals surface area contributed by atoms with Gasteiger partial charge in [0.2, 0.25) is 17.7 Å². The van der Waals surface area contributed by atoms with Gasteiger partial charge in [0.1, 0.15) is 23.7 Å². The van der Waals surface area contributed by atoms with E-state index in [1.54, 1.807) is 15.9 Å². The number of carbonyl (C=O) groups is 4. The Hall–Kier alpha value is -3.50. The van der Waals surface area contributed by atoms with Crippen molar-refractivity contribution in [1.29, 1.82) is 0 Å². The molecule has 0 radical (unpaired) electrons. The number of nitrogens with one attached hydrogen (secondary N) is 1. The molecule has 0 aliphatic carbocycles. The number of rotatable bonds is 8. The third kappa shape index (κ3) is 6.13. The fourth-order valence-electron chi connectivity index (χ4n) is 6.85. The molecule has 2 N–H and O–H groups in total. The van der Waals surface area contributed by atoms with Gasteiger partial charge in [-0.1, -0.05) is 67.5 Å². The first-order chi connectivity index (χ1) is 20.8. The molecule has 5 rings (SSSR count). The van der Waals surface area contributed by atoms with Crippen LogP contribution in [0.2, 0.25) is 0 Å². The Morgan fingerprint density at radius 3 is 2.53 bits per heavy atom. The van der Waals surface area contributed by atoms with Crippen LogP contribution in [0.5, 0.6) is 0 Å². The van der Waals surface area contributed by atoms with Gasteiger partial charge in [0.15, 0.2) is 0 Å². The van der Waals surface area contributed by atoms with Gasteiger partial charge in [-0.15, -0.1) is 0 Å². The van der Waals surface area contributed by atoms with Gasteiger partial charge in [0.25, 0.3) is 0 Å². The minimum atomic E-state index is -1.27. The average molecular weight is 594 g/mol. The lowest BCUT2D eigenvalue weighted by molar-refractivity contribution is -0.159. The molecule has 5 bridgehead atoms. The number of aliphatic hydroxyl groups excluding tert-OH is 1. The van der Waals surface area contributed by atoms with Gasteiger partial charge >= 0.3 is 5.97 Å².